The molecule has 0 amide bonds. The molecule has 4 nitrogen and oxygen atoms in total. The quantitative estimate of drug-likeness (QED) is 0.710. The first-order chi connectivity index (χ1) is 6.26. The van der Waals surface area contributed by atoms with Crippen LogP contribution in [-0.4, -0.2) is 35.6 Å². The molecule has 1 N–H and O–H groups in total. The third-order valence-electron chi connectivity index (χ3n) is 2.75. The van der Waals surface area contributed by atoms with Crippen LogP contribution in [0.3, 0.4) is 0 Å². The number of nitrogens with zero attached hydrogens (tertiary/aromatic N) is 2. The van der Waals surface area contributed by atoms with E-state index in [-0.39, 0.29) is 5.60 Å². The Balaban J connectivity index is 2.08. The molecule has 13 heavy (non-hydrogen) atoms. The average Bonchev–Trinajstić information content (AvgIpc) is 2.44. The standard InChI is InChI=1S/C9H15N3O/c1-12-8(3-4-11-12)5-9(13-2)6-10-7-9/h3-4,10H,5-7H2,1-2H3. The van der Waals surface area contributed by atoms with Crippen molar-refractivity contribution in [2.45, 2.75) is 12.0 Å². The van der Waals surface area contributed by atoms with Gasteiger partial charge in [-0.15, -0.1) is 0 Å². The molecule has 2 rings (SSSR count). The summed E-state index contributed by atoms with van der Waals surface area (Å²) < 4.78 is 7.40. The number of aromatic nitrogens is 2. The fraction of sp³-hybridized carbons (Fsp3) is 0.667. The summed E-state index contributed by atoms with van der Waals surface area (Å²) in [7, 11) is 3.74. The molecule has 0 saturated carbocycles. The third kappa shape index (κ3) is 1.47. The second-order valence-corrected chi connectivity index (χ2v) is 3.61. The molecule has 0 unspecified atom stereocenters. The van der Waals surface area contributed by atoms with Crippen LogP contribution in [0.15, 0.2) is 12.3 Å². The van der Waals surface area contributed by atoms with E-state index in [1.807, 2.05) is 24.0 Å². The lowest BCUT2D eigenvalue weighted by atomic mass is 9.91. The van der Waals surface area contributed by atoms with Gasteiger partial charge in [0.1, 0.15) is 0 Å². The van der Waals surface area contributed by atoms with Gasteiger partial charge in [0.05, 0.1) is 5.60 Å². The van der Waals surface area contributed by atoms with E-state index in [0.29, 0.717) is 0 Å². The van der Waals surface area contributed by atoms with Crippen molar-refractivity contribution in [2.75, 3.05) is 20.2 Å². The Morgan fingerprint density at radius 1 is 1.69 bits per heavy atom. The van der Waals surface area contributed by atoms with E-state index in [1.54, 1.807) is 7.11 Å². The van der Waals surface area contributed by atoms with E-state index in [2.05, 4.69) is 10.4 Å². The summed E-state index contributed by atoms with van der Waals surface area (Å²) >= 11 is 0. The van der Waals surface area contributed by atoms with Gasteiger partial charge < -0.3 is 10.1 Å². The lowest BCUT2D eigenvalue weighted by molar-refractivity contribution is -0.0514. The molecule has 0 aliphatic carbocycles. The lowest BCUT2D eigenvalue weighted by Crippen LogP contribution is -2.62. The Hall–Kier alpha value is -0.870. The maximum atomic E-state index is 5.50. The normalized spacial score (nSPS) is 19.8. The van der Waals surface area contributed by atoms with Crippen LogP contribution in [0.5, 0.6) is 0 Å². The van der Waals surface area contributed by atoms with Crippen LogP contribution in [0.2, 0.25) is 0 Å². The Morgan fingerprint density at radius 3 is 2.85 bits per heavy atom. The maximum Gasteiger partial charge on any atom is 0.0980 e. The van der Waals surface area contributed by atoms with Crippen molar-refractivity contribution < 1.29 is 4.74 Å². The lowest BCUT2D eigenvalue weighted by Gasteiger charge is -2.41. The monoisotopic (exact) mass is 181 g/mol. The molecule has 1 aliphatic heterocycles. The van der Waals surface area contributed by atoms with Crippen molar-refractivity contribution >= 4 is 0 Å². The van der Waals surface area contributed by atoms with E-state index in [1.165, 1.54) is 5.69 Å². The van der Waals surface area contributed by atoms with Gasteiger partial charge in [-0.3, -0.25) is 4.68 Å². The van der Waals surface area contributed by atoms with E-state index < -0.39 is 0 Å². The predicted octanol–water partition coefficient (Wildman–Crippen LogP) is -0.0490. The predicted molar refractivity (Wildman–Crippen MR) is 49.5 cm³/mol. The Bertz CT molecular complexity index is 285. The SMILES string of the molecule is COC1(Cc2ccnn2C)CNC1. The van der Waals surface area contributed by atoms with Gasteiger partial charge in [-0.05, 0) is 6.07 Å². The molecule has 72 valence electrons. The molecule has 0 aromatic carbocycles. The summed E-state index contributed by atoms with van der Waals surface area (Å²) in [6, 6.07) is 2.04. The zero-order chi connectivity index (χ0) is 9.31. The highest BCUT2D eigenvalue weighted by Gasteiger charge is 2.37. The van der Waals surface area contributed by atoms with E-state index >= 15 is 0 Å². The van der Waals surface area contributed by atoms with Crippen LogP contribution >= 0.6 is 0 Å². The minimum Gasteiger partial charge on any atom is -0.375 e. The van der Waals surface area contributed by atoms with Crippen molar-refractivity contribution in [1.29, 1.82) is 0 Å². The zero-order valence-electron chi connectivity index (χ0n) is 8.08. The Labute approximate surface area is 77.9 Å². The zero-order valence-corrected chi connectivity index (χ0v) is 8.08. The summed E-state index contributed by atoms with van der Waals surface area (Å²) in [4.78, 5) is 0. The second kappa shape index (κ2) is 3.12. The number of hydrogen-bond acceptors (Lipinski definition) is 3. The van der Waals surface area contributed by atoms with Crippen molar-refractivity contribution in [3.8, 4) is 0 Å². The molecule has 0 atom stereocenters. The van der Waals surface area contributed by atoms with Crippen molar-refractivity contribution in [3.63, 3.8) is 0 Å². The van der Waals surface area contributed by atoms with E-state index in [0.717, 1.165) is 19.5 Å². The topological polar surface area (TPSA) is 39.1 Å². The van der Waals surface area contributed by atoms with E-state index in [9.17, 15) is 0 Å². The summed E-state index contributed by atoms with van der Waals surface area (Å²) in [6.07, 6.45) is 2.76. The van der Waals surface area contributed by atoms with Gasteiger partial charge in [0.2, 0.25) is 0 Å². The number of aryl methyl sites for hydroxylation is 1. The van der Waals surface area contributed by atoms with Gasteiger partial charge in [-0.2, -0.15) is 5.10 Å². The smallest absolute Gasteiger partial charge is 0.0980 e. The molecular weight excluding hydrogens is 166 g/mol. The molecule has 1 aromatic rings. The molecule has 0 radical (unpaired) electrons. The van der Waals surface area contributed by atoms with Gasteiger partial charge in [-0.1, -0.05) is 0 Å². The highest BCUT2D eigenvalue weighted by atomic mass is 16.5. The van der Waals surface area contributed by atoms with Crippen LogP contribution in [0.4, 0.5) is 0 Å². The summed E-state index contributed by atoms with van der Waals surface area (Å²) in [5.74, 6) is 0. The van der Waals surface area contributed by atoms with Crippen LogP contribution in [-0.2, 0) is 18.2 Å². The first-order valence-electron chi connectivity index (χ1n) is 4.48. The molecule has 0 bridgehead atoms. The van der Waals surface area contributed by atoms with Crippen molar-refractivity contribution in [1.82, 2.24) is 15.1 Å². The number of ether oxygens (including phenoxy) is 1. The molecule has 1 saturated heterocycles. The van der Waals surface area contributed by atoms with Crippen LogP contribution in [0.1, 0.15) is 5.69 Å². The number of rotatable bonds is 3. The summed E-state index contributed by atoms with van der Waals surface area (Å²) in [5.41, 5.74) is 1.23. The van der Waals surface area contributed by atoms with E-state index in [4.69, 9.17) is 4.74 Å². The largest absolute Gasteiger partial charge is 0.375 e. The number of nitrogens with one attached hydrogen (secondary N) is 1. The van der Waals surface area contributed by atoms with Crippen LogP contribution in [0, 0.1) is 0 Å². The fourth-order valence-electron chi connectivity index (χ4n) is 1.65. The van der Waals surface area contributed by atoms with Crippen LogP contribution < -0.4 is 5.32 Å². The fourth-order valence-corrected chi connectivity index (χ4v) is 1.65. The highest BCUT2D eigenvalue weighted by molar-refractivity contribution is 5.09. The van der Waals surface area contributed by atoms with Gasteiger partial charge in [0.15, 0.2) is 0 Å². The summed E-state index contributed by atoms with van der Waals surface area (Å²) in [6.45, 7) is 1.88. The Kier molecular flexibility index (Phi) is 2.09. The first-order valence-corrected chi connectivity index (χ1v) is 4.48. The molecule has 2 heterocycles. The van der Waals surface area contributed by atoms with Gasteiger partial charge in [-0.25, -0.2) is 0 Å². The van der Waals surface area contributed by atoms with Gasteiger partial charge in [0.25, 0.3) is 0 Å². The minimum atomic E-state index is 0.00773. The third-order valence-corrected chi connectivity index (χ3v) is 2.75. The Morgan fingerprint density at radius 2 is 2.46 bits per heavy atom. The minimum absolute atomic E-state index is 0.00773. The second-order valence-electron chi connectivity index (χ2n) is 3.61. The molecule has 1 fully saturated rings. The van der Waals surface area contributed by atoms with Gasteiger partial charge in [0, 0.05) is 45.6 Å². The molecule has 4 heteroatoms. The molecule has 1 aliphatic rings. The number of hydrogen-bond donors (Lipinski definition) is 1. The van der Waals surface area contributed by atoms with Crippen molar-refractivity contribution in [2.24, 2.45) is 7.05 Å². The van der Waals surface area contributed by atoms with Crippen molar-refractivity contribution in [3.05, 3.63) is 18.0 Å². The maximum absolute atomic E-state index is 5.50. The summed E-state index contributed by atoms with van der Waals surface area (Å²) in [5, 5.41) is 7.36. The average molecular weight is 181 g/mol. The molecular formula is C9H15N3O. The van der Waals surface area contributed by atoms with Crippen LogP contribution in [0.25, 0.3) is 0 Å². The molecule has 1 aromatic heterocycles. The van der Waals surface area contributed by atoms with Gasteiger partial charge >= 0.3 is 0 Å². The first kappa shape index (κ1) is 8.72. The number of methoxy groups -OCH3 is 1. The highest BCUT2D eigenvalue weighted by Crippen LogP contribution is 2.20. The molecule has 0 spiro atoms.